The Hall–Kier alpha value is -2.63. The minimum Gasteiger partial charge on any atom is -0.461 e. The van der Waals surface area contributed by atoms with Crippen LogP contribution < -0.4 is 0 Å². The van der Waals surface area contributed by atoms with Gasteiger partial charge in [-0.25, -0.2) is 9.97 Å². The molecule has 0 N–H and O–H groups in total. The minimum absolute atomic E-state index is 0.0486. The Balaban J connectivity index is 1.41. The molecule has 4 fully saturated rings. The summed E-state index contributed by atoms with van der Waals surface area (Å²) in [6.45, 7) is 0. The predicted octanol–water partition coefficient (Wildman–Crippen LogP) is 3.21. The molecule has 0 spiro atoms. The van der Waals surface area contributed by atoms with Crippen molar-refractivity contribution in [1.29, 1.82) is 0 Å². The highest BCUT2D eigenvalue weighted by atomic mass is 16.5. The smallest absolute Gasteiger partial charge is 0.320 e. The summed E-state index contributed by atoms with van der Waals surface area (Å²) in [6.07, 6.45) is 13.6. The van der Waals surface area contributed by atoms with Gasteiger partial charge in [-0.2, -0.15) is 0 Å². The number of carbonyl (C=O) groups is 2. The molecule has 1 unspecified atom stereocenters. The molecule has 4 aliphatic rings. The maximum absolute atomic E-state index is 13.6. The van der Waals surface area contributed by atoms with Crippen molar-refractivity contribution in [1.82, 2.24) is 15.0 Å². The maximum atomic E-state index is 13.6. The van der Waals surface area contributed by atoms with E-state index in [4.69, 9.17) is 4.74 Å². The second-order valence-electron chi connectivity index (χ2n) is 9.48. The molecule has 1 atom stereocenters. The van der Waals surface area contributed by atoms with E-state index < -0.39 is 11.4 Å². The average molecular weight is 405 g/mol. The van der Waals surface area contributed by atoms with Gasteiger partial charge < -0.3 is 9.53 Å². The lowest BCUT2D eigenvalue weighted by atomic mass is 9.55. The zero-order valence-corrected chi connectivity index (χ0v) is 17.0. The molecular weight excluding hydrogens is 378 g/mol. The zero-order chi connectivity index (χ0) is 20.6. The molecule has 2 aromatic heterocycles. The van der Waals surface area contributed by atoms with Crippen LogP contribution in [0.25, 0.3) is 0 Å². The normalized spacial score (nSPS) is 31.1. The Morgan fingerprint density at radius 2 is 1.63 bits per heavy atom. The Morgan fingerprint density at radius 3 is 2.23 bits per heavy atom. The van der Waals surface area contributed by atoms with E-state index in [2.05, 4.69) is 15.0 Å². The lowest BCUT2D eigenvalue weighted by Crippen LogP contribution is -2.52. The van der Waals surface area contributed by atoms with Crippen molar-refractivity contribution in [3.63, 3.8) is 0 Å². The van der Waals surface area contributed by atoms with E-state index in [9.17, 15) is 9.59 Å². The molecule has 6 heteroatoms. The number of rotatable bonds is 7. The van der Waals surface area contributed by atoms with E-state index in [0.717, 1.165) is 49.4 Å². The monoisotopic (exact) mass is 405 g/mol. The van der Waals surface area contributed by atoms with Crippen LogP contribution >= 0.6 is 0 Å². The van der Waals surface area contributed by atoms with Gasteiger partial charge in [-0.1, -0.05) is 0 Å². The van der Waals surface area contributed by atoms with Gasteiger partial charge in [-0.3, -0.25) is 9.78 Å². The number of pyridine rings is 1. The second kappa shape index (κ2) is 7.89. The summed E-state index contributed by atoms with van der Waals surface area (Å²) in [7, 11) is 0. The van der Waals surface area contributed by atoms with Crippen molar-refractivity contribution in [3.8, 4) is 0 Å². The van der Waals surface area contributed by atoms with Gasteiger partial charge in [0.15, 0.2) is 0 Å². The maximum Gasteiger partial charge on any atom is 0.320 e. The van der Waals surface area contributed by atoms with Crippen LogP contribution in [0.4, 0.5) is 0 Å². The number of esters is 1. The number of aromatic nitrogens is 3. The van der Waals surface area contributed by atoms with Crippen LogP contribution in [0.1, 0.15) is 43.4 Å². The first-order chi connectivity index (χ1) is 14.6. The molecule has 4 aliphatic carbocycles. The Morgan fingerprint density at radius 1 is 0.967 bits per heavy atom. The van der Waals surface area contributed by atoms with Gasteiger partial charge in [0.2, 0.25) is 0 Å². The quantitative estimate of drug-likeness (QED) is 0.400. The molecule has 6 rings (SSSR count). The first kappa shape index (κ1) is 19.3. The molecule has 4 saturated carbocycles. The first-order valence-corrected chi connectivity index (χ1v) is 11.0. The van der Waals surface area contributed by atoms with Crippen LogP contribution in [0.15, 0.2) is 43.1 Å². The zero-order valence-electron chi connectivity index (χ0n) is 17.0. The van der Waals surface area contributed by atoms with Gasteiger partial charge in [-0.05, 0) is 86.0 Å². The van der Waals surface area contributed by atoms with Crippen molar-refractivity contribution in [2.45, 2.75) is 51.0 Å². The summed E-state index contributed by atoms with van der Waals surface area (Å²) in [5.41, 5.74) is 0.242. The molecule has 156 valence electrons. The van der Waals surface area contributed by atoms with Gasteiger partial charge in [0, 0.05) is 30.7 Å². The highest BCUT2D eigenvalue weighted by molar-refractivity contribution is 5.94. The molecule has 0 aromatic carbocycles. The van der Waals surface area contributed by atoms with Crippen LogP contribution in [0.2, 0.25) is 0 Å². The van der Waals surface area contributed by atoms with Crippen molar-refractivity contribution in [2.24, 2.45) is 29.1 Å². The van der Waals surface area contributed by atoms with E-state index in [1.807, 2.05) is 12.1 Å². The minimum atomic E-state index is -1.30. The van der Waals surface area contributed by atoms with Crippen molar-refractivity contribution < 1.29 is 14.3 Å². The largest absolute Gasteiger partial charge is 0.461 e. The predicted molar refractivity (Wildman–Crippen MR) is 109 cm³/mol. The van der Waals surface area contributed by atoms with Gasteiger partial charge in [0.25, 0.3) is 0 Å². The third kappa shape index (κ3) is 3.64. The number of aldehydes is 1. The highest BCUT2D eigenvalue weighted by Gasteiger charge is 2.52. The van der Waals surface area contributed by atoms with E-state index >= 15 is 0 Å². The number of carbonyl (C=O) groups excluding carboxylic acids is 2. The fourth-order valence-electron chi connectivity index (χ4n) is 6.26. The van der Waals surface area contributed by atoms with Crippen LogP contribution in [0.3, 0.4) is 0 Å². The van der Waals surface area contributed by atoms with Crippen LogP contribution in [-0.2, 0) is 27.2 Å². The first-order valence-electron chi connectivity index (χ1n) is 11.0. The molecule has 0 radical (unpaired) electrons. The molecule has 30 heavy (non-hydrogen) atoms. The fraction of sp³-hybridized carbons (Fsp3) is 0.542. The molecule has 0 amide bonds. The molecule has 2 heterocycles. The molecule has 4 bridgehead atoms. The summed E-state index contributed by atoms with van der Waals surface area (Å²) in [4.78, 5) is 38.3. The van der Waals surface area contributed by atoms with Crippen molar-refractivity contribution >= 4 is 12.3 Å². The van der Waals surface area contributed by atoms with E-state index in [1.165, 1.54) is 12.7 Å². The summed E-state index contributed by atoms with van der Waals surface area (Å²) in [5, 5.41) is 0. The molecular formula is C24H27N3O3. The van der Waals surface area contributed by atoms with Crippen LogP contribution in [0, 0.1) is 29.1 Å². The summed E-state index contributed by atoms with van der Waals surface area (Å²) in [6, 6.07) is 5.43. The lowest BCUT2D eigenvalue weighted by molar-refractivity contribution is -0.181. The highest BCUT2D eigenvalue weighted by Crippen LogP contribution is 2.55. The van der Waals surface area contributed by atoms with Crippen molar-refractivity contribution in [3.05, 3.63) is 54.4 Å². The summed E-state index contributed by atoms with van der Waals surface area (Å²) in [5.74, 6) is 2.10. The number of nitrogens with zero attached hydrogens (tertiary/aromatic N) is 3. The average Bonchev–Trinajstić information content (AvgIpc) is 2.76. The van der Waals surface area contributed by atoms with E-state index in [0.29, 0.717) is 17.5 Å². The van der Waals surface area contributed by atoms with Gasteiger partial charge >= 0.3 is 5.97 Å². The van der Waals surface area contributed by atoms with Gasteiger partial charge in [0.05, 0.1) is 0 Å². The lowest BCUT2D eigenvalue weighted by Gasteiger charge is -2.53. The van der Waals surface area contributed by atoms with Gasteiger partial charge in [0.1, 0.15) is 24.1 Å². The Bertz CT molecular complexity index is 833. The van der Waals surface area contributed by atoms with Crippen molar-refractivity contribution in [2.75, 3.05) is 0 Å². The molecule has 0 saturated heterocycles. The van der Waals surface area contributed by atoms with Gasteiger partial charge in [-0.15, -0.1) is 0 Å². The Labute approximate surface area is 176 Å². The fourth-order valence-corrected chi connectivity index (χ4v) is 6.26. The van der Waals surface area contributed by atoms with Crippen LogP contribution in [0.5, 0.6) is 0 Å². The van der Waals surface area contributed by atoms with E-state index in [1.54, 1.807) is 24.7 Å². The summed E-state index contributed by atoms with van der Waals surface area (Å²) >= 11 is 0. The third-order valence-electron chi connectivity index (χ3n) is 7.42. The second-order valence-corrected chi connectivity index (χ2v) is 9.48. The molecule has 2 aromatic rings. The third-order valence-corrected chi connectivity index (χ3v) is 7.42. The topological polar surface area (TPSA) is 82.0 Å². The number of hydrogen-bond acceptors (Lipinski definition) is 6. The summed E-state index contributed by atoms with van der Waals surface area (Å²) < 4.78 is 6.20. The van der Waals surface area contributed by atoms with E-state index in [-0.39, 0.29) is 18.9 Å². The molecule has 6 nitrogen and oxygen atoms in total. The number of hydrogen-bond donors (Lipinski definition) is 0. The SMILES string of the molecule is O=CC(Cc1ccncc1)(Cc1ccncn1)C(=O)OC1C2CC3CC(C2)CC1C3. The standard InChI is InChI=1S/C24H27N3O3/c28-14-24(12-16-1-4-25-5-2-16,13-21-3-6-26-15-27-21)23(29)30-22-19-8-17-7-18(10-19)11-20(22)9-17/h1-6,14-15,17-20,22H,7-13H2. The number of ether oxygens (including phenoxy) is 1. The Kier molecular flexibility index (Phi) is 5.09. The van der Waals surface area contributed by atoms with Crippen LogP contribution in [-0.4, -0.2) is 33.3 Å². The molecule has 0 aliphatic heterocycles.